The van der Waals surface area contributed by atoms with Crippen molar-refractivity contribution in [3.05, 3.63) is 180 Å². The van der Waals surface area contributed by atoms with Crippen LogP contribution in [0, 0.1) is 0 Å². The number of fused-ring (bicyclic) bond motifs is 4. The first-order valence-corrected chi connectivity index (χ1v) is 17.5. The summed E-state index contributed by atoms with van der Waals surface area (Å²) in [6.45, 7) is 0. The Morgan fingerprint density at radius 1 is 0.411 bits per heavy atom. The summed E-state index contributed by atoms with van der Waals surface area (Å²) in [5, 5.41) is 1.17. The zero-order chi connectivity index (χ0) is 38.9. The normalized spacial score (nSPS) is 13.2. The van der Waals surface area contributed by atoms with Crippen LogP contribution < -0.4 is 4.90 Å². The van der Waals surface area contributed by atoms with E-state index in [9.17, 15) is 35.9 Å². The Hall–Kier alpha value is -6.94. The number of halogens is 6. The largest absolute Gasteiger partial charge is 0.416 e. The van der Waals surface area contributed by atoms with Gasteiger partial charge in [-0.2, -0.15) is 26.3 Å². The number of carbonyl (C=O) groups is 2. The lowest BCUT2D eigenvalue weighted by atomic mass is 9.96. The van der Waals surface area contributed by atoms with Crippen molar-refractivity contribution >= 4 is 39.3 Å². The second-order valence-electron chi connectivity index (χ2n) is 13.5. The summed E-state index contributed by atoms with van der Waals surface area (Å²) in [4.78, 5) is 30.4. The van der Waals surface area contributed by atoms with Crippen LogP contribution in [0.15, 0.2) is 158 Å². The summed E-state index contributed by atoms with van der Waals surface area (Å²) in [5.41, 5.74) is 1.58. The van der Waals surface area contributed by atoms with Gasteiger partial charge in [0.15, 0.2) is 0 Å². The van der Waals surface area contributed by atoms with E-state index in [0.29, 0.717) is 39.7 Å². The summed E-state index contributed by atoms with van der Waals surface area (Å²) < 4.78 is 86.1. The van der Waals surface area contributed by atoms with Gasteiger partial charge in [0.25, 0.3) is 11.8 Å². The van der Waals surface area contributed by atoms with Crippen LogP contribution >= 0.6 is 0 Å². The molecule has 0 aliphatic carbocycles. The third-order valence-electron chi connectivity index (χ3n) is 10.2. The average molecular weight is 753 g/mol. The third kappa shape index (κ3) is 5.64. The number of rotatable bonds is 5. The minimum atomic E-state index is -5.06. The SMILES string of the molecule is O=C1c2cccc(-n3c4ccccc4c4cccc(-c5cc(C(F)(F)F)cc(C(F)(F)F)c5)c43)c2C(=O)N1c1ccc(-c2ccccc2)cc1-c1ccccc1. The van der Waals surface area contributed by atoms with E-state index in [1.807, 2.05) is 72.8 Å². The van der Waals surface area contributed by atoms with E-state index < -0.39 is 35.3 Å². The summed E-state index contributed by atoms with van der Waals surface area (Å²) >= 11 is 0. The number of aromatic nitrogens is 1. The molecule has 2 amide bonds. The number of hydrogen-bond donors (Lipinski definition) is 0. The molecule has 4 nitrogen and oxygen atoms in total. The highest BCUT2D eigenvalue weighted by Gasteiger charge is 2.41. The van der Waals surface area contributed by atoms with Crippen molar-refractivity contribution in [1.82, 2.24) is 4.57 Å². The minimum absolute atomic E-state index is 0.0427. The molecule has 56 heavy (non-hydrogen) atoms. The zero-order valence-electron chi connectivity index (χ0n) is 29.0. The maximum absolute atomic E-state index is 14.8. The zero-order valence-corrected chi connectivity index (χ0v) is 29.0. The van der Waals surface area contributed by atoms with E-state index in [1.54, 1.807) is 59.2 Å². The molecule has 0 saturated heterocycles. The number of imide groups is 1. The van der Waals surface area contributed by atoms with E-state index in [2.05, 4.69) is 0 Å². The molecule has 0 radical (unpaired) electrons. The number of anilines is 1. The fourth-order valence-electron chi connectivity index (χ4n) is 7.68. The maximum Gasteiger partial charge on any atom is 0.416 e. The molecule has 0 unspecified atom stereocenters. The lowest BCUT2D eigenvalue weighted by molar-refractivity contribution is -0.143. The number of carbonyl (C=O) groups excluding carboxylic acids is 2. The lowest BCUT2D eigenvalue weighted by Crippen LogP contribution is -2.30. The first kappa shape index (κ1) is 34.8. The van der Waals surface area contributed by atoms with Crippen LogP contribution in [0.3, 0.4) is 0 Å². The molecule has 10 heteroatoms. The van der Waals surface area contributed by atoms with Gasteiger partial charge in [-0.05, 0) is 70.8 Å². The number of amides is 2. The van der Waals surface area contributed by atoms with Crippen LogP contribution in [0.5, 0.6) is 0 Å². The van der Waals surface area contributed by atoms with Crippen molar-refractivity contribution < 1.29 is 35.9 Å². The predicted octanol–water partition coefficient (Wildman–Crippen LogP) is 12.6. The molecule has 1 aromatic heterocycles. The number of alkyl halides is 6. The van der Waals surface area contributed by atoms with Gasteiger partial charge in [-0.15, -0.1) is 0 Å². The van der Waals surface area contributed by atoms with E-state index in [1.165, 1.54) is 12.1 Å². The highest BCUT2D eigenvalue weighted by Crippen LogP contribution is 2.45. The molecule has 0 atom stereocenters. The smallest absolute Gasteiger partial charge is 0.308 e. The Labute approximate surface area is 315 Å². The number of benzene rings is 7. The Balaban J connectivity index is 1.28. The van der Waals surface area contributed by atoms with E-state index >= 15 is 0 Å². The highest BCUT2D eigenvalue weighted by atomic mass is 19.4. The standard InChI is InChI=1S/C46H26F6N2O2/c47-45(48,49)31-23-30(24-32(26-31)46(50,51)52)33-16-9-17-35-34-15-7-8-19-38(34)53(42(33)35)40-20-10-18-36-41(40)44(56)54(43(36)55)39-22-21-29(27-11-3-1-4-12-27)25-37(39)28-13-5-2-6-14-28/h1-26H. The molecular formula is C46H26F6N2O2. The number of nitrogens with zero attached hydrogens (tertiary/aromatic N) is 2. The van der Waals surface area contributed by atoms with Gasteiger partial charge in [-0.1, -0.05) is 109 Å². The van der Waals surface area contributed by atoms with Crippen molar-refractivity contribution in [2.24, 2.45) is 0 Å². The maximum atomic E-state index is 14.8. The summed E-state index contributed by atoms with van der Waals surface area (Å²) in [6.07, 6.45) is -10.1. The van der Waals surface area contributed by atoms with Crippen LogP contribution in [-0.4, -0.2) is 16.4 Å². The molecule has 274 valence electrons. The molecule has 0 fully saturated rings. The van der Waals surface area contributed by atoms with Gasteiger partial charge in [-0.25, -0.2) is 4.90 Å². The van der Waals surface area contributed by atoms with E-state index in [4.69, 9.17) is 0 Å². The Bertz CT molecular complexity index is 2850. The lowest BCUT2D eigenvalue weighted by Gasteiger charge is -2.20. The molecule has 0 spiro atoms. The molecule has 0 bridgehead atoms. The van der Waals surface area contributed by atoms with Gasteiger partial charge >= 0.3 is 12.4 Å². The molecular weight excluding hydrogens is 727 g/mol. The van der Waals surface area contributed by atoms with Crippen LogP contribution in [-0.2, 0) is 12.4 Å². The summed E-state index contributed by atoms with van der Waals surface area (Å²) in [7, 11) is 0. The van der Waals surface area contributed by atoms with Gasteiger partial charge < -0.3 is 4.57 Å². The quantitative estimate of drug-likeness (QED) is 0.130. The molecule has 9 rings (SSSR count). The van der Waals surface area contributed by atoms with Crippen molar-refractivity contribution in [3.8, 4) is 39.1 Å². The third-order valence-corrected chi connectivity index (χ3v) is 10.2. The van der Waals surface area contributed by atoms with E-state index in [-0.39, 0.29) is 39.5 Å². The van der Waals surface area contributed by atoms with Gasteiger partial charge in [-0.3, -0.25) is 9.59 Å². The van der Waals surface area contributed by atoms with Crippen LogP contribution in [0.2, 0.25) is 0 Å². The molecule has 2 heterocycles. The van der Waals surface area contributed by atoms with Gasteiger partial charge in [0.1, 0.15) is 0 Å². The van der Waals surface area contributed by atoms with Gasteiger partial charge in [0, 0.05) is 21.9 Å². The first-order chi connectivity index (χ1) is 26.9. The molecule has 7 aromatic carbocycles. The second-order valence-corrected chi connectivity index (χ2v) is 13.5. The fourth-order valence-corrected chi connectivity index (χ4v) is 7.68. The Morgan fingerprint density at radius 2 is 1.00 bits per heavy atom. The minimum Gasteiger partial charge on any atom is -0.308 e. The van der Waals surface area contributed by atoms with Gasteiger partial charge in [0.05, 0.1) is 44.7 Å². The van der Waals surface area contributed by atoms with Crippen molar-refractivity contribution in [2.45, 2.75) is 12.4 Å². The second kappa shape index (κ2) is 12.8. The Morgan fingerprint density at radius 3 is 1.68 bits per heavy atom. The van der Waals surface area contributed by atoms with Crippen LogP contribution in [0.25, 0.3) is 60.9 Å². The molecule has 1 aliphatic heterocycles. The fraction of sp³-hybridized carbons (Fsp3) is 0.0435. The highest BCUT2D eigenvalue weighted by molar-refractivity contribution is 6.36. The van der Waals surface area contributed by atoms with Crippen LogP contribution in [0.4, 0.5) is 32.0 Å². The van der Waals surface area contributed by atoms with Crippen LogP contribution in [0.1, 0.15) is 31.8 Å². The monoisotopic (exact) mass is 752 g/mol. The first-order valence-electron chi connectivity index (χ1n) is 17.5. The number of para-hydroxylation sites is 2. The molecule has 0 N–H and O–H groups in total. The predicted molar refractivity (Wildman–Crippen MR) is 205 cm³/mol. The Kier molecular flexibility index (Phi) is 7.98. The van der Waals surface area contributed by atoms with Crippen molar-refractivity contribution in [3.63, 3.8) is 0 Å². The molecule has 8 aromatic rings. The summed E-state index contributed by atoms with van der Waals surface area (Å²) in [6, 6.07) is 42.5. The van der Waals surface area contributed by atoms with E-state index in [0.717, 1.165) is 21.6 Å². The average Bonchev–Trinajstić information content (AvgIpc) is 3.68. The molecule has 1 aliphatic rings. The topological polar surface area (TPSA) is 42.3 Å². The van der Waals surface area contributed by atoms with Crippen molar-refractivity contribution in [1.29, 1.82) is 0 Å². The van der Waals surface area contributed by atoms with Gasteiger partial charge in [0.2, 0.25) is 0 Å². The number of hydrogen-bond acceptors (Lipinski definition) is 2. The van der Waals surface area contributed by atoms with Crippen molar-refractivity contribution in [2.75, 3.05) is 4.90 Å². The summed E-state index contributed by atoms with van der Waals surface area (Å²) in [5.74, 6) is -1.21. The molecule has 0 saturated carbocycles.